The van der Waals surface area contributed by atoms with Crippen LogP contribution >= 0.6 is 0 Å². The zero-order chi connectivity index (χ0) is 25.8. The van der Waals surface area contributed by atoms with Crippen LogP contribution in [-0.2, 0) is 11.3 Å². The maximum absolute atomic E-state index is 13.2. The summed E-state index contributed by atoms with van der Waals surface area (Å²) in [5, 5.41) is 6.52. The minimum absolute atomic E-state index is 0.173. The van der Waals surface area contributed by atoms with Crippen LogP contribution in [-0.4, -0.2) is 37.1 Å². The third kappa shape index (κ3) is 5.24. The van der Waals surface area contributed by atoms with Gasteiger partial charge in [0.2, 0.25) is 0 Å². The predicted octanol–water partition coefficient (Wildman–Crippen LogP) is 6.26. The Bertz CT molecular complexity index is 1240. The van der Waals surface area contributed by atoms with Crippen LogP contribution in [0.3, 0.4) is 0 Å². The molecule has 0 radical (unpaired) electrons. The van der Waals surface area contributed by atoms with Gasteiger partial charge in [-0.15, -0.1) is 0 Å². The fourth-order valence-corrected chi connectivity index (χ4v) is 4.64. The Morgan fingerprint density at radius 3 is 2.08 bits per heavy atom. The molecule has 0 fully saturated rings. The molecule has 0 atom stereocenters. The van der Waals surface area contributed by atoms with Gasteiger partial charge in [-0.25, -0.2) is 0 Å². The van der Waals surface area contributed by atoms with Gasteiger partial charge in [-0.05, 0) is 57.0 Å². The molecular formula is C30H35N3O3. The number of carbonyl (C=O) groups is 1. The van der Waals surface area contributed by atoms with Crippen molar-refractivity contribution in [3.8, 4) is 11.5 Å². The first-order valence-corrected chi connectivity index (χ1v) is 12.3. The van der Waals surface area contributed by atoms with E-state index in [0.717, 1.165) is 29.1 Å². The summed E-state index contributed by atoms with van der Waals surface area (Å²) in [6, 6.07) is 22.9. The van der Waals surface area contributed by atoms with Gasteiger partial charge in [0.25, 0.3) is 5.91 Å². The molecule has 0 bridgehead atoms. The van der Waals surface area contributed by atoms with Gasteiger partial charge in [0.15, 0.2) is 11.5 Å². The molecule has 1 aliphatic heterocycles. The van der Waals surface area contributed by atoms with Crippen LogP contribution < -0.4 is 20.1 Å². The smallest absolute Gasteiger partial charge is 0.258 e. The summed E-state index contributed by atoms with van der Waals surface area (Å²) in [6.07, 6.45) is 0. The molecule has 6 nitrogen and oxygen atoms in total. The fraction of sp³-hybridized carbons (Fsp3) is 0.300. The molecule has 36 heavy (non-hydrogen) atoms. The highest BCUT2D eigenvalue weighted by molar-refractivity contribution is 6.37. The van der Waals surface area contributed by atoms with E-state index < -0.39 is 0 Å². The molecule has 1 aliphatic rings. The molecule has 0 aromatic heterocycles. The molecule has 0 unspecified atom stereocenters. The number of benzene rings is 3. The van der Waals surface area contributed by atoms with E-state index in [-0.39, 0.29) is 5.91 Å². The summed E-state index contributed by atoms with van der Waals surface area (Å²) < 4.78 is 10.9. The molecule has 3 aromatic carbocycles. The van der Waals surface area contributed by atoms with Gasteiger partial charge in [0.05, 0.1) is 31.2 Å². The number of anilines is 2. The van der Waals surface area contributed by atoms with Crippen molar-refractivity contribution < 1.29 is 14.3 Å². The number of rotatable bonds is 9. The Labute approximate surface area is 213 Å². The van der Waals surface area contributed by atoms with E-state index in [9.17, 15) is 4.79 Å². The monoisotopic (exact) mass is 485 g/mol. The molecule has 1 heterocycles. The molecule has 0 aliphatic carbocycles. The molecule has 2 N–H and O–H groups in total. The lowest BCUT2D eigenvalue weighted by molar-refractivity contribution is -0.110. The van der Waals surface area contributed by atoms with E-state index in [0.29, 0.717) is 34.8 Å². The molecule has 1 amide bonds. The van der Waals surface area contributed by atoms with Crippen molar-refractivity contribution in [3.63, 3.8) is 0 Å². The zero-order valence-electron chi connectivity index (χ0n) is 21.9. The lowest BCUT2D eigenvalue weighted by Gasteiger charge is -2.30. The highest BCUT2D eigenvalue weighted by Crippen LogP contribution is 2.43. The van der Waals surface area contributed by atoms with Crippen molar-refractivity contribution >= 4 is 28.6 Å². The molecule has 4 rings (SSSR count). The Morgan fingerprint density at radius 2 is 1.50 bits per heavy atom. The predicted molar refractivity (Wildman–Crippen MR) is 147 cm³/mol. The summed E-state index contributed by atoms with van der Waals surface area (Å²) >= 11 is 0. The summed E-state index contributed by atoms with van der Waals surface area (Å²) in [7, 11) is 3.18. The van der Waals surface area contributed by atoms with E-state index >= 15 is 0 Å². The van der Waals surface area contributed by atoms with Crippen LogP contribution in [0.1, 0.15) is 44.4 Å². The third-order valence-electron chi connectivity index (χ3n) is 6.50. The highest BCUT2D eigenvalue weighted by atomic mass is 16.5. The van der Waals surface area contributed by atoms with E-state index in [2.05, 4.69) is 67.5 Å². The summed E-state index contributed by atoms with van der Waals surface area (Å²) in [5.41, 5.74) is 5.83. The average molecular weight is 486 g/mol. The van der Waals surface area contributed by atoms with Gasteiger partial charge < -0.3 is 20.1 Å². The van der Waals surface area contributed by atoms with Crippen molar-refractivity contribution in [2.45, 2.75) is 46.3 Å². The highest BCUT2D eigenvalue weighted by Gasteiger charge is 2.30. The number of nitrogens with zero attached hydrogens (tertiary/aromatic N) is 1. The topological polar surface area (TPSA) is 62.8 Å². The minimum atomic E-state index is -0.173. The van der Waals surface area contributed by atoms with Gasteiger partial charge in [-0.2, -0.15) is 0 Å². The number of fused-ring (bicyclic) bond motifs is 1. The first-order chi connectivity index (χ1) is 17.3. The molecule has 0 saturated carbocycles. The number of nitrogens with one attached hydrogen (secondary N) is 2. The Balaban J connectivity index is 1.74. The van der Waals surface area contributed by atoms with Gasteiger partial charge >= 0.3 is 0 Å². The van der Waals surface area contributed by atoms with Crippen molar-refractivity contribution in [3.05, 3.63) is 83.4 Å². The second kappa shape index (κ2) is 10.9. The lowest BCUT2D eigenvalue weighted by atomic mass is 9.99. The van der Waals surface area contributed by atoms with Crippen LogP contribution in [0, 0.1) is 0 Å². The quantitative estimate of drug-likeness (QED) is 0.351. The van der Waals surface area contributed by atoms with Crippen LogP contribution in [0.5, 0.6) is 11.5 Å². The van der Waals surface area contributed by atoms with Crippen molar-refractivity contribution in [2.24, 2.45) is 0 Å². The Morgan fingerprint density at radius 1 is 0.889 bits per heavy atom. The van der Waals surface area contributed by atoms with Gasteiger partial charge in [0, 0.05) is 35.9 Å². The molecule has 0 spiro atoms. The van der Waals surface area contributed by atoms with Crippen LogP contribution in [0.25, 0.3) is 11.3 Å². The minimum Gasteiger partial charge on any atom is -0.493 e. The third-order valence-corrected chi connectivity index (χ3v) is 6.50. The van der Waals surface area contributed by atoms with E-state index in [4.69, 9.17) is 9.47 Å². The second-order valence-corrected chi connectivity index (χ2v) is 9.50. The summed E-state index contributed by atoms with van der Waals surface area (Å²) in [5.74, 6) is 0.967. The Hall–Kier alpha value is -3.77. The second-order valence-electron chi connectivity index (χ2n) is 9.50. The maximum Gasteiger partial charge on any atom is 0.258 e. The van der Waals surface area contributed by atoms with Crippen LogP contribution in [0.4, 0.5) is 11.4 Å². The molecule has 3 aromatic rings. The first-order valence-electron chi connectivity index (χ1n) is 12.3. The maximum atomic E-state index is 13.2. The van der Waals surface area contributed by atoms with Crippen LogP contribution in [0.2, 0.25) is 0 Å². The molecule has 0 saturated heterocycles. The Kier molecular flexibility index (Phi) is 7.65. The SMILES string of the molecule is COc1cc2c(cc1OC)/C(=C(/Nc1ccc(CN(C(C)C)C(C)C)cc1)c1ccccc1)C(=O)N2. The molecule has 6 heteroatoms. The van der Waals surface area contributed by atoms with Crippen molar-refractivity contribution in [2.75, 3.05) is 24.9 Å². The number of methoxy groups -OCH3 is 2. The van der Waals surface area contributed by atoms with E-state index in [1.807, 2.05) is 36.4 Å². The summed E-state index contributed by atoms with van der Waals surface area (Å²) in [6.45, 7) is 9.79. The summed E-state index contributed by atoms with van der Waals surface area (Å²) in [4.78, 5) is 15.7. The van der Waals surface area contributed by atoms with Gasteiger partial charge in [-0.1, -0.05) is 42.5 Å². The largest absolute Gasteiger partial charge is 0.493 e. The fourth-order valence-electron chi connectivity index (χ4n) is 4.64. The zero-order valence-corrected chi connectivity index (χ0v) is 21.9. The number of hydrogen-bond donors (Lipinski definition) is 2. The number of hydrogen-bond acceptors (Lipinski definition) is 5. The first kappa shape index (κ1) is 25.3. The van der Waals surface area contributed by atoms with Crippen molar-refractivity contribution in [1.29, 1.82) is 0 Å². The van der Waals surface area contributed by atoms with Crippen LogP contribution in [0.15, 0.2) is 66.7 Å². The van der Waals surface area contributed by atoms with E-state index in [1.54, 1.807) is 20.3 Å². The van der Waals surface area contributed by atoms with Crippen molar-refractivity contribution in [1.82, 2.24) is 4.90 Å². The molecular weight excluding hydrogens is 450 g/mol. The number of amides is 1. The van der Waals surface area contributed by atoms with Gasteiger partial charge in [-0.3, -0.25) is 9.69 Å². The number of carbonyl (C=O) groups excluding carboxylic acids is 1. The molecule has 188 valence electrons. The lowest BCUT2D eigenvalue weighted by Crippen LogP contribution is -2.36. The standard InChI is InChI=1S/C30H35N3O3/c1-19(2)33(20(3)4)18-21-12-14-23(15-13-21)31-29(22-10-8-7-9-11-22)28-24-16-26(35-5)27(36-6)17-25(24)32-30(28)34/h7-17,19-20,31H,18H2,1-6H3,(H,32,34)/b29-28-. The number of ether oxygens (including phenoxy) is 2. The van der Waals surface area contributed by atoms with Gasteiger partial charge in [0.1, 0.15) is 0 Å². The average Bonchev–Trinajstić information content (AvgIpc) is 3.20. The normalized spacial score (nSPS) is 14.2. The van der Waals surface area contributed by atoms with E-state index in [1.165, 1.54) is 5.56 Å².